The van der Waals surface area contributed by atoms with Gasteiger partial charge in [0.05, 0.1) is 16.6 Å². The maximum absolute atomic E-state index is 13.9. The fourth-order valence-electron chi connectivity index (χ4n) is 2.93. The smallest absolute Gasteiger partial charge is 0.257 e. The molecular weight excluding hydrogens is 367 g/mol. The molecule has 2 aromatic heterocycles. The normalized spacial score (nSPS) is 11.0. The summed E-state index contributed by atoms with van der Waals surface area (Å²) in [5.74, 6) is -0.266. The van der Waals surface area contributed by atoms with Crippen molar-refractivity contribution in [3.63, 3.8) is 0 Å². The molecule has 0 saturated carbocycles. The van der Waals surface area contributed by atoms with E-state index < -0.39 is 11.7 Å². The molecule has 0 unspecified atom stereocenters. The van der Waals surface area contributed by atoms with Gasteiger partial charge < -0.3 is 19.9 Å². The summed E-state index contributed by atoms with van der Waals surface area (Å²) in [5.41, 5.74) is 2.45. The fourth-order valence-corrected chi connectivity index (χ4v) is 3.14. The van der Waals surface area contributed by atoms with E-state index in [1.54, 1.807) is 18.5 Å². The lowest BCUT2D eigenvalue weighted by Gasteiger charge is -2.09. The third-order valence-electron chi connectivity index (χ3n) is 4.17. The second-order valence-electron chi connectivity index (χ2n) is 5.93. The number of H-pyrrole nitrogens is 2. The number of hydrogen-bond donors (Lipinski definition) is 3. The molecular formula is C18H15FN6OS. The molecule has 0 aliphatic rings. The molecule has 2 heterocycles. The van der Waals surface area contributed by atoms with Gasteiger partial charge in [0.25, 0.3) is 5.91 Å². The Morgan fingerprint density at radius 3 is 2.96 bits per heavy atom. The van der Waals surface area contributed by atoms with Crippen molar-refractivity contribution in [1.29, 1.82) is 0 Å². The first-order valence-corrected chi connectivity index (χ1v) is 8.67. The number of carbonyl (C=O) groups is 1. The standard InChI is InChI=1S/C18H15FN6OS/c1-2-25-9-20-24-16(25)10-4-3-5-12(6-10)21-17(26)13-7-11(19)8-14-15(13)23-18(27)22-14/h3-9H,2H2,1H3,(H,21,26)(H2,22,23,27). The lowest BCUT2D eigenvalue weighted by Crippen LogP contribution is -2.13. The van der Waals surface area contributed by atoms with Crippen molar-refractivity contribution in [2.24, 2.45) is 0 Å². The summed E-state index contributed by atoms with van der Waals surface area (Å²) in [4.78, 5) is 18.4. The van der Waals surface area contributed by atoms with Crippen molar-refractivity contribution in [1.82, 2.24) is 24.7 Å². The highest BCUT2D eigenvalue weighted by atomic mass is 32.1. The Hall–Kier alpha value is -3.33. The molecule has 2 aromatic carbocycles. The minimum atomic E-state index is -0.525. The number of anilines is 1. The molecule has 4 rings (SSSR count). The number of fused-ring (bicyclic) bond motifs is 1. The van der Waals surface area contributed by atoms with Crippen molar-refractivity contribution in [3.05, 3.63) is 58.9 Å². The van der Waals surface area contributed by atoms with Crippen LogP contribution in [-0.2, 0) is 6.54 Å². The van der Waals surface area contributed by atoms with Gasteiger partial charge in [-0.05, 0) is 43.4 Å². The van der Waals surface area contributed by atoms with E-state index in [-0.39, 0.29) is 5.56 Å². The minimum Gasteiger partial charge on any atom is -0.331 e. The van der Waals surface area contributed by atoms with Crippen LogP contribution in [0.2, 0.25) is 0 Å². The van der Waals surface area contributed by atoms with Crippen molar-refractivity contribution in [2.75, 3.05) is 5.32 Å². The minimum absolute atomic E-state index is 0.166. The highest BCUT2D eigenvalue weighted by Crippen LogP contribution is 2.23. The molecule has 27 heavy (non-hydrogen) atoms. The molecule has 0 bridgehead atoms. The molecule has 1 amide bonds. The number of aromatic amines is 2. The van der Waals surface area contributed by atoms with Gasteiger partial charge in [0.15, 0.2) is 10.6 Å². The number of amides is 1. The number of nitrogens with one attached hydrogen (secondary N) is 3. The number of imidazole rings is 1. The van der Waals surface area contributed by atoms with Crippen LogP contribution in [-0.4, -0.2) is 30.6 Å². The van der Waals surface area contributed by atoms with Crippen molar-refractivity contribution < 1.29 is 9.18 Å². The number of halogens is 1. The van der Waals surface area contributed by atoms with Gasteiger partial charge in [-0.25, -0.2) is 4.39 Å². The molecule has 0 saturated heterocycles. The Bertz CT molecular complexity index is 1210. The number of nitrogens with zero attached hydrogens (tertiary/aromatic N) is 3. The zero-order chi connectivity index (χ0) is 19.0. The zero-order valence-electron chi connectivity index (χ0n) is 14.3. The Morgan fingerprint density at radius 2 is 2.15 bits per heavy atom. The largest absolute Gasteiger partial charge is 0.331 e. The van der Waals surface area contributed by atoms with Crippen LogP contribution in [0, 0.1) is 10.6 Å². The molecule has 3 N–H and O–H groups in total. The average molecular weight is 382 g/mol. The van der Waals surface area contributed by atoms with E-state index in [1.165, 1.54) is 12.1 Å². The van der Waals surface area contributed by atoms with Crippen LogP contribution in [0.15, 0.2) is 42.7 Å². The zero-order valence-corrected chi connectivity index (χ0v) is 15.1. The Kier molecular flexibility index (Phi) is 4.28. The van der Waals surface area contributed by atoms with E-state index >= 15 is 0 Å². The Labute approximate surface area is 158 Å². The number of benzene rings is 2. The van der Waals surface area contributed by atoms with Gasteiger partial charge in [0.2, 0.25) is 0 Å². The summed E-state index contributed by atoms with van der Waals surface area (Å²) in [6.07, 6.45) is 1.65. The molecule has 0 spiro atoms. The number of hydrogen-bond acceptors (Lipinski definition) is 4. The third kappa shape index (κ3) is 3.24. The van der Waals surface area contributed by atoms with Gasteiger partial charge in [-0.3, -0.25) is 4.79 Å². The topological polar surface area (TPSA) is 91.4 Å². The first kappa shape index (κ1) is 17.1. The molecule has 9 heteroatoms. The van der Waals surface area contributed by atoms with E-state index in [2.05, 4.69) is 25.5 Å². The first-order valence-electron chi connectivity index (χ1n) is 8.26. The second-order valence-corrected chi connectivity index (χ2v) is 6.34. The predicted molar refractivity (Wildman–Crippen MR) is 103 cm³/mol. The predicted octanol–water partition coefficient (Wildman–Crippen LogP) is 3.90. The molecule has 0 aliphatic heterocycles. The Balaban J connectivity index is 1.68. The Morgan fingerprint density at radius 1 is 1.30 bits per heavy atom. The monoisotopic (exact) mass is 382 g/mol. The summed E-state index contributed by atoms with van der Waals surface area (Å²) in [7, 11) is 0. The summed E-state index contributed by atoms with van der Waals surface area (Å²) in [6, 6.07) is 9.71. The highest BCUT2D eigenvalue weighted by molar-refractivity contribution is 7.71. The molecule has 0 aliphatic carbocycles. The van der Waals surface area contributed by atoms with E-state index in [0.717, 1.165) is 12.1 Å². The second kappa shape index (κ2) is 6.76. The van der Waals surface area contributed by atoms with E-state index in [9.17, 15) is 9.18 Å². The van der Waals surface area contributed by atoms with Gasteiger partial charge in [-0.15, -0.1) is 10.2 Å². The fraction of sp³-hybridized carbons (Fsp3) is 0.111. The van der Waals surface area contributed by atoms with E-state index in [1.807, 2.05) is 23.6 Å². The molecule has 4 aromatic rings. The van der Waals surface area contributed by atoms with Gasteiger partial charge in [-0.2, -0.15) is 0 Å². The van der Waals surface area contributed by atoms with Crippen molar-refractivity contribution in [3.8, 4) is 11.4 Å². The van der Waals surface area contributed by atoms with E-state index in [4.69, 9.17) is 12.2 Å². The highest BCUT2D eigenvalue weighted by Gasteiger charge is 2.15. The lowest BCUT2D eigenvalue weighted by atomic mass is 10.1. The molecule has 7 nitrogen and oxygen atoms in total. The first-order chi connectivity index (χ1) is 13.0. The summed E-state index contributed by atoms with van der Waals surface area (Å²) < 4.78 is 16.1. The van der Waals surface area contributed by atoms with Crippen LogP contribution in [0.3, 0.4) is 0 Å². The van der Waals surface area contributed by atoms with Crippen LogP contribution in [0.5, 0.6) is 0 Å². The van der Waals surface area contributed by atoms with Crippen molar-refractivity contribution >= 4 is 34.8 Å². The summed E-state index contributed by atoms with van der Waals surface area (Å²) in [5, 5.41) is 10.8. The van der Waals surface area contributed by atoms with Gasteiger partial charge in [0.1, 0.15) is 12.1 Å². The average Bonchev–Trinajstić information content (AvgIpc) is 3.26. The number of aryl methyl sites for hydroxylation is 1. The van der Waals surface area contributed by atoms with Crippen LogP contribution in [0.25, 0.3) is 22.4 Å². The summed E-state index contributed by atoms with van der Waals surface area (Å²) in [6.45, 7) is 2.72. The van der Waals surface area contributed by atoms with Gasteiger partial charge >= 0.3 is 0 Å². The number of aromatic nitrogens is 5. The SMILES string of the molecule is CCn1cnnc1-c1cccc(NC(=O)c2cc(F)cc3[nH]c(=S)[nH]c23)c1. The maximum Gasteiger partial charge on any atom is 0.257 e. The van der Waals surface area contributed by atoms with Gasteiger partial charge in [0, 0.05) is 17.8 Å². The summed E-state index contributed by atoms with van der Waals surface area (Å²) >= 11 is 5.04. The molecule has 0 fully saturated rings. The molecule has 0 radical (unpaired) electrons. The lowest BCUT2D eigenvalue weighted by molar-refractivity contribution is 0.102. The third-order valence-corrected chi connectivity index (χ3v) is 4.37. The quantitative estimate of drug-likeness (QED) is 0.467. The number of rotatable bonds is 4. The molecule has 136 valence electrons. The maximum atomic E-state index is 13.9. The van der Waals surface area contributed by atoms with Crippen LogP contribution in [0.4, 0.5) is 10.1 Å². The number of carbonyl (C=O) groups excluding carboxylic acids is 1. The van der Waals surface area contributed by atoms with Gasteiger partial charge in [-0.1, -0.05) is 12.1 Å². The van der Waals surface area contributed by atoms with Crippen molar-refractivity contribution in [2.45, 2.75) is 13.5 Å². The van der Waals surface area contributed by atoms with Crippen LogP contribution < -0.4 is 5.32 Å². The van der Waals surface area contributed by atoms with Crippen LogP contribution in [0.1, 0.15) is 17.3 Å². The molecule has 0 atom stereocenters. The van der Waals surface area contributed by atoms with Crippen LogP contribution >= 0.6 is 12.2 Å². The van der Waals surface area contributed by atoms with E-state index in [0.29, 0.717) is 27.3 Å².